The van der Waals surface area contributed by atoms with Gasteiger partial charge < -0.3 is 4.74 Å². The van der Waals surface area contributed by atoms with Crippen molar-refractivity contribution in [2.75, 3.05) is 0 Å². The highest BCUT2D eigenvalue weighted by molar-refractivity contribution is 9.10. The fraction of sp³-hybridized carbons (Fsp3) is 0.250. The zero-order valence-corrected chi connectivity index (χ0v) is 12.3. The predicted octanol–water partition coefficient (Wildman–Crippen LogP) is 4.80. The summed E-state index contributed by atoms with van der Waals surface area (Å²) in [6, 6.07) is 8.69. The topological polar surface area (TPSA) is 9.23 Å². The minimum Gasteiger partial charge on any atom is -0.486 e. The Morgan fingerprint density at radius 3 is 2.70 bits per heavy atom. The molecule has 0 heterocycles. The van der Waals surface area contributed by atoms with E-state index in [2.05, 4.69) is 28.1 Å². The van der Waals surface area contributed by atoms with Crippen LogP contribution in [0, 0.1) is 11.6 Å². The number of aryl methyl sites for hydroxylation is 2. The van der Waals surface area contributed by atoms with Crippen LogP contribution < -0.4 is 4.74 Å². The molecular formula is C16H13BrF2O. The Bertz CT molecular complexity index is 655. The maximum atomic E-state index is 13.6. The van der Waals surface area contributed by atoms with Gasteiger partial charge >= 0.3 is 0 Å². The number of halogens is 3. The van der Waals surface area contributed by atoms with Crippen LogP contribution in [0.2, 0.25) is 0 Å². The molecule has 2 aromatic carbocycles. The molecule has 3 rings (SSSR count). The van der Waals surface area contributed by atoms with E-state index in [4.69, 9.17) is 4.74 Å². The molecule has 0 aliphatic heterocycles. The van der Waals surface area contributed by atoms with Crippen molar-refractivity contribution in [3.8, 4) is 5.75 Å². The van der Waals surface area contributed by atoms with Crippen LogP contribution in [0.3, 0.4) is 0 Å². The van der Waals surface area contributed by atoms with E-state index >= 15 is 0 Å². The Kier molecular flexibility index (Phi) is 3.74. The Labute approximate surface area is 124 Å². The van der Waals surface area contributed by atoms with Crippen molar-refractivity contribution in [2.24, 2.45) is 0 Å². The van der Waals surface area contributed by atoms with Gasteiger partial charge in [-0.15, -0.1) is 0 Å². The summed E-state index contributed by atoms with van der Waals surface area (Å²) in [4.78, 5) is 0. The second kappa shape index (κ2) is 5.52. The molecule has 20 heavy (non-hydrogen) atoms. The smallest absolute Gasteiger partial charge is 0.200 e. The van der Waals surface area contributed by atoms with Crippen molar-refractivity contribution in [3.63, 3.8) is 0 Å². The zero-order chi connectivity index (χ0) is 14.1. The average molecular weight is 339 g/mol. The number of fused-ring (bicyclic) bond motifs is 1. The van der Waals surface area contributed by atoms with Gasteiger partial charge in [-0.1, -0.05) is 34.1 Å². The molecule has 0 spiro atoms. The summed E-state index contributed by atoms with van der Waals surface area (Å²) >= 11 is 3.13. The van der Waals surface area contributed by atoms with Crippen LogP contribution in [0.4, 0.5) is 8.78 Å². The van der Waals surface area contributed by atoms with E-state index in [1.807, 2.05) is 6.07 Å². The fourth-order valence-corrected chi connectivity index (χ4v) is 2.92. The SMILES string of the molecule is Fc1cc(Br)cc(OCc2ccc3c(c2)CCC3)c1F. The van der Waals surface area contributed by atoms with Gasteiger partial charge in [0.15, 0.2) is 11.6 Å². The van der Waals surface area contributed by atoms with E-state index < -0.39 is 11.6 Å². The van der Waals surface area contributed by atoms with Crippen LogP contribution in [-0.2, 0) is 19.4 Å². The van der Waals surface area contributed by atoms with Gasteiger partial charge in [-0.3, -0.25) is 0 Å². The van der Waals surface area contributed by atoms with Gasteiger partial charge in [-0.05, 0) is 48.1 Å². The summed E-state index contributed by atoms with van der Waals surface area (Å²) in [5, 5.41) is 0. The van der Waals surface area contributed by atoms with Gasteiger partial charge in [0, 0.05) is 4.47 Å². The van der Waals surface area contributed by atoms with Crippen LogP contribution in [0.15, 0.2) is 34.8 Å². The number of hydrogen-bond acceptors (Lipinski definition) is 1. The quantitative estimate of drug-likeness (QED) is 0.731. The van der Waals surface area contributed by atoms with Gasteiger partial charge in [-0.25, -0.2) is 4.39 Å². The Hall–Kier alpha value is -1.42. The highest BCUT2D eigenvalue weighted by Gasteiger charge is 2.13. The van der Waals surface area contributed by atoms with E-state index in [1.54, 1.807) is 0 Å². The summed E-state index contributed by atoms with van der Waals surface area (Å²) in [6.45, 7) is 0.236. The summed E-state index contributed by atoms with van der Waals surface area (Å²) in [7, 11) is 0. The predicted molar refractivity (Wildman–Crippen MR) is 76.9 cm³/mol. The second-order valence-electron chi connectivity index (χ2n) is 4.95. The minimum absolute atomic E-state index is 0.0719. The molecule has 1 nitrogen and oxygen atoms in total. The molecule has 0 bridgehead atoms. The highest BCUT2D eigenvalue weighted by atomic mass is 79.9. The van der Waals surface area contributed by atoms with Crippen LogP contribution >= 0.6 is 15.9 Å². The third-order valence-electron chi connectivity index (χ3n) is 3.52. The lowest BCUT2D eigenvalue weighted by molar-refractivity contribution is 0.284. The molecule has 0 amide bonds. The molecule has 1 aliphatic rings. The average Bonchev–Trinajstić information content (AvgIpc) is 2.88. The highest BCUT2D eigenvalue weighted by Crippen LogP contribution is 2.27. The first-order chi connectivity index (χ1) is 9.63. The molecule has 0 unspecified atom stereocenters. The molecular weight excluding hydrogens is 326 g/mol. The number of ether oxygens (including phenoxy) is 1. The molecule has 0 saturated carbocycles. The maximum Gasteiger partial charge on any atom is 0.200 e. The van der Waals surface area contributed by atoms with Gasteiger partial charge in [0.2, 0.25) is 5.82 Å². The van der Waals surface area contributed by atoms with Crippen molar-refractivity contribution < 1.29 is 13.5 Å². The summed E-state index contributed by atoms with van der Waals surface area (Å²) in [5.74, 6) is -1.94. The van der Waals surface area contributed by atoms with E-state index in [0.717, 1.165) is 24.5 Å². The molecule has 0 fully saturated rings. The Balaban J connectivity index is 1.77. The standard InChI is InChI=1S/C16H13BrF2O/c17-13-7-14(18)16(19)15(8-13)20-9-10-4-5-11-2-1-3-12(11)6-10/h4-8H,1-3,9H2. The van der Waals surface area contributed by atoms with Crippen molar-refractivity contribution in [1.29, 1.82) is 0 Å². The Morgan fingerprint density at radius 1 is 1.05 bits per heavy atom. The first-order valence-electron chi connectivity index (χ1n) is 6.51. The van der Waals surface area contributed by atoms with E-state index in [0.29, 0.717) is 4.47 Å². The molecule has 2 aromatic rings. The van der Waals surface area contributed by atoms with Crippen molar-refractivity contribution in [1.82, 2.24) is 0 Å². The van der Waals surface area contributed by atoms with Gasteiger partial charge in [0.1, 0.15) is 6.61 Å². The van der Waals surface area contributed by atoms with Crippen molar-refractivity contribution in [2.45, 2.75) is 25.9 Å². The number of benzene rings is 2. The molecule has 104 valence electrons. The largest absolute Gasteiger partial charge is 0.486 e. The summed E-state index contributed by atoms with van der Waals surface area (Å²) in [5.41, 5.74) is 3.70. The maximum absolute atomic E-state index is 13.6. The van der Waals surface area contributed by atoms with Crippen molar-refractivity contribution in [3.05, 3.63) is 63.1 Å². The van der Waals surface area contributed by atoms with E-state index in [9.17, 15) is 8.78 Å². The van der Waals surface area contributed by atoms with Gasteiger partial charge in [-0.2, -0.15) is 4.39 Å². The number of rotatable bonds is 3. The Morgan fingerprint density at radius 2 is 1.85 bits per heavy atom. The lowest BCUT2D eigenvalue weighted by atomic mass is 10.1. The third-order valence-corrected chi connectivity index (χ3v) is 3.97. The summed E-state index contributed by atoms with van der Waals surface area (Å²) < 4.78 is 32.7. The van der Waals surface area contributed by atoms with Crippen LogP contribution in [0.5, 0.6) is 5.75 Å². The van der Waals surface area contributed by atoms with E-state index in [-0.39, 0.29) is 12.4 Å². The molecule has 0 atom stereocenters. The number of hydrogen-bond donors (Lipinski definition) is 0. The minimum atomic E-state index is -0.950. The van der Waals surface area contributed by atoms with Crippen molar-refractivity contribution >= 4 is 15.9 Å². The first kappa shape index (κ1) is 13.6. The monoisotopic (exact) mass is 338 g/mol. The molecule has 0 N–H and O–H groups in total. The van der Waals surface area contributed by atoms with Crippen LogP contribution in [0.1, 0.15) is 23.1 Å². The summed E-state index contributed by atoms with van der Waals surface area (Å²) in [6.07, 6.45) is 3.40. The molecule has 0 aromatic heterocycles. The zero-order valence-electron chi connectivity index (χ0n) is 10.8. The fourth-order valence-electron chi connectivity index (χ4n) is 2.51. The molecule has 1 aliphatic carbocycles. The molecule has 0 radical (unpaired) electrons. The third kappa shape index (κ3) is 2.70. The molecule has 0 saturated heterocycles. The normalized spacial score (nSPS) is 13.3. The van der Waals surface area contributed by atoms with Crippen LogP contribution in [-0.4, -0.2) is 0 Å². The van der Waals surface area contributed by atoms with E-state index in [1.165, 1.54) is 23.6 Å². The van der Waals surface area contributed by atoms with Gasteiger partial charge in [0.05, 0.1) is 0 Å². The lowest BCUT2D eigenvalue weighted by Gasteiger charge is -2.09. The van der Waals surface area contributed by atoms with Crippen LogP contribution in [0.25, 0.3) is 0 Å². The van der Waals surface area contributed by atoms with Gasteiger partial charge in [0.25, 0.3) is 0 Å². The molecule has 4 heteroatoms. The first-order valence-corrected chi connectivity index (χ1v) is 7.31. The second-order valence-corrected chi connectivity index (χ2v) is 5.86. The lowest BCUT2D eigenvalue weighted by Crippen LogP contribution is -2.00.